The molecule has 0 bridgehead atoms. The van der Waals surface area contributed by atoms with Gasteiger partial charge in [0.1, 0.15) is 0 Å². The van der Waals surface area contributed by atoms with Crippen LogP contribution in [0.4, 0.5) is 0 Å². The summed E-state index contributed by atoms with van der Waals surface area (Å²) in [5, 5.41) is 9.14. The van der Waals surface area contributed by atoms with Gasteiger partial charge in [0.25, 0.3) is 0 Å². The van der Waals surface area contributed by atoms with E-state index >= 15 is 0 Å². The van der Waals surface area contributed by atoms with Gasteiger partial charge in [-0.1, -0.05) is 6.08 Å². The van der Waals surface area contributed by atoms with Crippen LogP contribution < -0.4 is 0 Å². The number of rotatable bonds is 1. The van der Waals surface area contributed by atoms with E-state index in [4.69, 9.17) is 5.11 Å². The molecule has 1 N–H and O–H groups in total. The summed E-state index contributed by atoms with van der Waals surface area (Å²) in [5.41, 5.74) is 1.95. The Morgan fingerprint density at radius 1 is 1.70 bits per heavy atom. The summed E-state index contributed by atoms with van der Waals surface area (Å²) in [6.45, 7) is 3.72. The van der Waals surface area contributed by atoms with Crippen molar-refractivity contribution in [3.05, 3.63) is 11.8 Å². The van der Waals surface area contributed by atoms with Gasteiger partial charge in [-0.05, 0) is 26.7 Å². The van der Waals surface area contributed by atoms with Crippen LogP contribution in [0.3, 0.4) is 0 Å². The Kier molecular flexibility index (Phi) is 2.22. The highest BCUT2D eigenvalue weighted by Gasteiger charge is 2.08. The molecule has 0 aromatic carbocycles. The van der Waals surface area contributed by atoms with Crippen LogP contribution >= 0.6 is 0 Å². The molecule has 1 aliphatic heterocycles. The van der Waals surface area contributed by atoms with Gasteiger partial charge >= 0.3 is 0 Å². The molecule has 0 amide bonds. The zero-order chi connectivity index (χ0) is 7.56. The number of nitrogens with zero attached hydrogens (tertiary/aromatic N) is 1. The molecule has 1 aliphatic rings. The third kappa shape index (κ3) is 1.67. The quantitative estimate of drug-likeness (QED) is 0.586. The molecule has 1 atom stereocenters. The number of aliphatic imine (C=N–C) groups is 1. The van der Waals surface area contributed by atoms with E-state index in [-0.39, 0.29) is 6.10 Å². The first-order chi connectivity index (χ1) is 4.70. The molecule has 0 spiro atoms. The first kappa shape index (κ1) is 7.48. The first-order valence-electron chi connectivity index (χ1n) is 3.62. The number of aliphatic hydroxyl groups excluding tert-OH is 1. The molecule has 1 heterocycles. The number of hydrogen-bond acceptors (Lipinski definition) is 2. The Morgan fingerprint density at radius 2 is 2.40 bits per heavy atom. The van der Waals surface area contributed by atoms with E-state index in [9.17, 15) is 0 Å². The van der Waals surface area contributed by atoms with Crippen molar-refractivity contribution in [2.45, 2.75) is 32.8 Å². The lowest BCUT2D eigenvalue weighted by molar-refractivity contribution is 0.259. The summed E-state index contributed by atoms with van der Waals surface area (Å²) in [5.74, 6) is 0. The van der Waals surface area contributed by atoms with Crippen molar-refractivity contribution in [2.75, 3.05) is 0 Å². The van der Waals surface area contributed by atoms with E-state index in [2.05, 4.69) is 11.1 Å². The molecule has 0 radical (unpaired) electrons. The zero-order valence-corrected chi connectivity index (χ0v) is 6.46. The fourth-order valence-electron chi connectivity index (χ4n) is 1.06. The monoisotopic (exact) mass is 139 g/mol. The smallest absolute Gasteiger partial charge is 0.0893 e. The number of allylic oxidation sites excluding steroid dienone is 2. The lowest BCUT2D eigenvalue weighted by Gasteiger charge is -2.12. The predicted molar refractivity (Wildman–Crippen MR) is 42.1 cm³/mol. The molecule has 1 unspecified atom stereocenters. The second-order valence-corrected chi connectivity index (χ2v) is 2.66. The van der Waals surface area contributed by atoms with Gasteiger partial charge in [-0.25, -0.2) is 0 Å². The van der Waals surface area contributed by atoms with Crippen molar-refractivity contribution in [3.63, 3.8) is 0 Å². The van der Waals surface area contributed by atoms with Gasteiger partial charge in [-0.3, -0.25) is 4.99 Å². The minimum absolute atomic E-state index is 0.372. The van der Waals surface area contributed by atoms with Crippen LogP contribution in [-0.4, -0.2) is 16.9 Å². The van der Waals surface area contributed by atoms with Gasteiger partial charge in [-0.2, -0.15) is 0 Å². The third-order valence-electron chi connectivity index (χ3n) is 1.64. The Morgan fingerprint density at radius 3 is 2.80 bits per heavy atom. The molecule has 56 valence electrons. The van der Waals surface area contributed by atoms with Gasteiger partial charge in [0, 0.05) is 11.4 Å². The lowest BCUT2D eigenvalue weighted by Crippen LogP contribution is -2.17. The topological polar surface area (TPSA) is 32.6 Å². The fourth-order valence-corrected chi connectivity index (χ4v) is 1.06. The zero-order valence-electron chi connectivity index (χ0n) is 6.46. The van der Waals surface area contributed by atoms with Gasteiger partial charge in [0.15, 0.2) is 0 Å². The summed E-state index contributed by atoms with van der Waals surface area (Å²) in [6.07, 6.45) is 3.65. The Hall–Kier alpha value is -0.630. The Labute approximate surface area is 61.3 Å². The van der Waals surface area contributed by atoms with E-state index < -0.39 is 0 Å². The van der Waals surface area contributed by atoms with E-state index in [1.54, 1.807) is 6.92 Å². The van der Waals surface area contributed by atoms with Crippen molar-refractivity contribution in [1.82, 2.24) is 0 Å². The van der Waals surface area contributed by atoms with Crippen LogP contribution in [0, 0.1) is 0 Å². The van der Waals surface area contributed by atoms with Gasteiger partial charge in [-0.15, -0.1) is 0 Å². The van der Waals surface area contributed by atoms with Crippen molar-refractivity contribution in [3.8, 4) is 0 Å². The van der Waals surface area contributed by atoms with Crippen LogP contribution in [-0.2, 0) is 0 Å². The highest BCUT2D eigenvalue weighted by Crippen LogP contribution is 2.11. The number of aliphatic hydroxyl groups is 1. The van der Waals surface area contributed by atoms with Gasteiger partial charge in [0.05, 0.1) is 6.10 Å². The molecule has 0 fully saturated rings. The average Bonchev–Trinajstić information content (AvgIpc) is 1.88. The molecule has 0 aromatic heterocycles. The number of hydrogen-bond donors (Lipinski definition) is 1. The van der Waals surface area contributed by atoms with E-state index in [1.807, 2.05) is 6.92 Å². The molecule has 0 saturated heterocycles. The second-order valence-electron chi connectivity index (χ2n) is 2.66. The molecule has 1 rings (SSSR count). The van der Waals surface area contributed by atoms with Crippen LogP contribution in [0.15, 0.2) is 16.8 Å². The molecule has 2 nitrogen and oxygen atoms in total. The molecule has 0 aromatic rings. The summed E-state index contributed by atoms with van der Waals surface area (Å²) in [6, 6.07) is 0. The maximum Gasteiger partial charge on any atom is 0.0893 e. The summed E-state index contributed by atoms with van der Waals surface area (Å²) in [7, 11) is 0. The molecule has 2 heteroatoms. The molecule has 0 aliphatic carbocycles. The lowest BCUT2D eigenvalue weighted by atomic mass is 10.1. The molecular weight excluding hydrogens is 126 g/mol. The van der Waals surface area contributed by atoms with E-state index in [0.717, 1.165) is 24.3 Å². The fraction of sp³-hybridized carbons (Fsp3) is 0.625. The largest absolute Gasteiger partial charge is 0.387 e. The maximum absolute atomic E-state index is 9.14. The van der Waals surface area contributed by atoms with E-state index in [1.165, 1.54) is 0 Å². The second kappa shape index (κ2) is 2.97. The van der Waals surface area contributed by atoms with E-state index in [0.29, 0.717) is 0 Å². The van der Waals surface area contributed by atoms with Gasteiger partial charge in [0.2, 0.25) is 0 Å². The Bertz CT molecular complexity index is 180. The van der Waals surface area contributed by atoms with Gasteiger partial charge < -0.3 is 5.11 Å². The molecular formula is C8H13NO. The average molecular weight is 139 g/mol. The third-order valence-corrected chi connectivity index (χ3v) is 1.64. The summed E-state index contributed by atoms with van der Waals surface area (Å²) >= 11 is 0. The van der Waals surface area contributed by atoms with Crippen molar-refractivity contribution in [1.29, 1.82) is 0 Å². The first-order valence-corrected chi connectivity index (χ1v) is 3.62. The molecule has 0 saturated carbocycles. The minimum Gasteiger partial charge on any atom is -0.387 e. The summed E-state index contributed by atoms with van der Waals surface area (Å²) in [4.78, 5) is 4.21. The highest BCUT2D eigenvalue weighted by molar-refractivity contribution is 5.89. The van der Waals surface area contributed by atoms with Crippen molar-refractivity contribution < 1.29 is 5.11 Å². The van der Waals surface area contributed by atoms with Crippen LogP contribution in [0.5, 0.6) is 0 Å². The summed E-state index contributed by atoms with van der Waals surface area (Å²) < 4.78 is 0. The maximum atomic E-state index is 9.14. The van der Waals surface area contributed by atoms with Crippen LogP contribution in [0.25, 0.3) is 0 Å². The van der Waals surface area contributed by atoms with Crippen LogP contribution in [0.2, 0.25) is 0 Å². The predicted octanol–water partition coefficient (Wildman–Crippen LogP) is 1.51. The standard InChI is InChI=1S/C8H13NO/c1-6-4-3-5-8(9-6)7(2)10/h4,7,10H,3,5H2,1-2H3. The highest BCUT2D eigenvalue weighted by atomic mass is 16.3. The normalized spacial score (nSPS) is 21.5. The SMILES string of the molecule is CC1=CCCC(C(C)O)=N1. The Balaban J connectivity index is 2.69. The van der Waals surface area contributed by atoms with Crippen LogP contribution in [0.1, 0.15) is 26.7 Å². The van der Waals surface area contributed by atoms with Crippen molar-refractivity contribution >= 4 is 5.71 Å². The van der Waals surface area contributed by atoms with Crippen molar-refractivity contribution in [2.24, 2.45) is 4.99 Å². The molecule has 10 heavy (non-hydrogen) atoms. The minimum atomic E-state index is -0.372.